The summed E-state index contributed by atoms with van der Waals surface area (Å²) in [6.45, 7) is 0. The Morgan fingerprint density at radius 3 is 2.38 bits per heavy atom. The number of imidazole rings is 1. The molecule has 0 aliphatic heterocycles. The first-order chi connectivity index (χ1) is 9.95. The van der Waals surface area contributed by atoms with E-state index in [1.54, 1.807) is 0 Å². The molecule has 0 radical (unpaired) electrons. The van der Waals surface area contributed by atoms with E-state index < -0.39 is 11.7 Å². The fraction of sp³-hybridized carbons (Fsp3) is 0.333. The summed E-state index contributed by atoms with van der Waals surface area (Å²) in [5.41, 5.74) is 1.31. The number of aromatic amines is 1. The largest absolute Gasteiger partial charge is 0.416 e. The highest BCUT2D eigenvalue weighted by atomic mass is 19.4. The SMILES string of the molecule is O=C(c1ccc(C(F)(F)F)cc1)c1nc2c([nH]1)CCCC2. The van der Waals surface area contributed by atoms with Gasteiger partial charge in [-0.1, -0.05) is 12.1 Å². The number of hydrogen-bond donors (Lipinski definition) is 1. The number of ketones is 1. The van der Waals surface area contributed by atoms with Crippen LogP contribution in [0.25, 0.3) is 0 Å². The normalized spacial score (nSPS) is 14.8. The lowest BCUT2D eigenvalue weighted by atomic mass is 10.0. The Bertz CT molecular complexity index is 648. The Balaban J connectivity index is 1.86. The number of aromatic nitrogens is 2. The highest BCUT2D eigenvalue weighted by Gasteiger charge is 2.30. The average Bonchev–Trinajstić information content (AvgIpc) is 2.89. The summed E-state index contributed by atoms with van der Waals surface area (Å²) >= 11 is 0. The van der Waals surface area contributed by atoms with Gasteiger partial charge in [0.2, 0.25) is 5.78 Å². The molecule has 0 bridgehead atoms. The number of alkyl halides is 3. The van der Waals surface area contributed by atoms with Crippen molar-refractivity contribution >= 4 is 5.78 Å². The van der Waals surface area contributed by atoms with Gasteiger partial charge < -0.3 is 4.98 Å². The molecular formula is C15H13F3N2O. The lowest BCUT2D eigenvalue weighted by Gasteiger charge is -2.07. The van der Waals surface area contributed by atoms with Crippen molar-refractivity contribution in [1.29, 1.82) is 0 Å². The number of nitrogens with one attached hydrogen (secondary N) is 1. The van der Waals surface area contributed by atoms with Gasteiger partial charge in [-0.2, -0.15) is 13.2 Å². The molecule has 0 amide bonds. The third-order valence-corrected chi connectivity index (χ3v) is 3.64. The number of carbonyl (C=O) groups excluding carboxylic acids is 1. The third kappa shape index (κ3) is 2.70. The topological polar surface area (TPSA) is 45.8 Å². The zero-order valence-electron chi connectivity index (χ0n) is 11.1. The second-order valence-corrected chi connectivity index (χ2v) is 5.12. The van der Waals surface area contributed by atoms with E-state index in [4.69, 9.17) is 0 Å². The maximum absolute atomic E-state index is 12.5. The van der Waals surface area contributed by atoms with Crippen LogP contribution in [0.1, 0.15) is 46.0 Å². The Morgan fingerprint density at radius 2 is 1.76 bits per heavy atom. The van der Waals surface area contributed by atoms with Crippen LogP contribution < -0.4 is 0 Å². The van der Waals surface area contributed by atoms with Crippen molar-refractivity contribution in [2.75, 3.05) is 0 Å². The lowest BCUT2D eigenvalue weighted by molar-refractivity contribution is -0.137. The summed E-state index contributed by atoms with van der Waals surface area (Å²) in [5.74, 6) is -0.167. The number of hydrogen-bond acceptors (Lipinski definition) is 2. The average molecular weight is 294 g/mol. The van der Waals surface area contributed by atoms with Gasteiger partial charge in [0, 0.05) is 11.3 Å². The van der Waals surface area contributed by atoms with Crippen LogP contribution in [0.3, 0.4) is 0 Å². The molecule has 0 unspecified atom stereocenters. The van der Waals surface area contributed by atoms with Crippen molar-refractivity contribution < 1.29 is 18.0 Å². The van der Waals surface area contributed by atoms with Gasteiger partial charge in [0.15, 0.2) is 5.82 Å². The van der Waals surface area contributed by atoms with Crippen LogP contribution in [-0.4, -0.2) is 15.8 Å². The summed E-state index contributed by atoms with van der Waals surface area (Å²) in [6.07, 6.45) is -0.588. The van der Waals surface area contributed by atoms with Gasteiger partial charge in [-0.3, -0.25) is 4.79 Å². The number of aryl methyl sites for hydroxylation is 2. The smallest absolute Gasteiger partial charge is 0.339 e. The molecule has 1 aromatic heterocycles. The number of nitrogens with zero attached hydrogens (tertiary/aromatic N) is 1. The molecule has 0 saturated carbocycles. The van der Waals surface area contributed by atoms with Crippen molar-refractivity contribution in [2.45, 2.75) is 31.9 Å². The molecule has 0 saturated heterocycles. The first kappa shape index (κ1) is 13.9. The molecule has 6 heteroatoms. The van der Waals surface area contributed by atoms with E-state index in [9.17, 15) is 18.0 Å². The number of halogens is 3. The van der Waals surface area contributed by atoms with Crippen LogP contribution >= 0.6 is 0 Å². The fourth-order valence-corrected chi connectivity index (χ4v) is 2.51. The van der Waals surface area contributed by atoms with Gasteiger partial charge in [-0.05, 0) is 37.8 Å². The van der Waals surface area contributed by atoms with Crippen LogP contribution in [0, 0.1) is 0 Å². The molecule has 3 rings (SSSR count). The van der Waals surface area contributed by atoms with Gasteiger partial charge in [0.05, 0.1) is 11.3 Å². The summed E-state index contributed by atoms with van der Waals surface area (Å²) in [5, 5.41) is 0. The van der Waals surface area contributed by atoms with Crippen molar-refractivity contribution in [2.24, 2.45) is 0 Å². The summed E-state index contributed by atoms with van der Waals surface area (Å²) < 4.78 is 37.5. The van der Waals surface area contributed by atoms with E-state index in [1.807, 2.05) is 0 Å². The first-order valence-electron chi connectivity index (χ1n) is 6.75. The number of H-pyrrole nitrogens is 1. The number of fused-ring (bicyclic) bond motifs is 1. The van der Waals surface area contributed by atoms with Crippen LogP contribution in [0.15, 0.2) is 24.3 Å². The molecule has 21 heavy (non-hydrogen) atoms. The standard InChI is InChI=1S/C15H13F3N2O/c16-15(17,18)10-7-5-9(6-8-10)13(21)14-19-11-3-1-2-4-12(11)20-14/h5-8H,1-4H2,(H,19,20). The van der Waals surface area contributed by atoms with E-state index in [2.05, 4.69) is 9.97 Å². The molecular weight excluding hydrogens is 281 g/mol. The fourth-order valence-electron chi connectivity index (χ4n) is 2.51. The van der Waals surface area contributed by atoms with Gasteiger partial charge in [0.1, 0.15) is 0 Å². The molecule has 0 spiro atoms. The third-order valence-electron chi connectivity index (χ3n) is 3.64. The molecule has 1 N–H and O–H groups in total. The van der Waals surface area contributed by atoms with Crippen molar-refractivity contribution in [3.8, 4) is 0 Å². The molecule has 1 aromatic carbocycles. The van der Waals surface area contributed by atoms with Crippen LogP contribution in [0.5, 0.6) is 0 Å². The molecule has 0 atom stereocenters. The van der Waals surface area contributed by atoms with Gasteiger partial charge in [-0.15, -0.1) is 0 Å². The Morgan fingerprint density at radius 1 is 1.10 bits per heavy atom. The minimum Gasteiger partial charge on any atom is -0.339 e. The predicted octanol–water partition coefficient (Wildman–Crippen LogP) is 3.54. The summed E-state index contributed by atoms with van der Waals surface area (Å²) in [4.78, 5) is 19.5. The van der Waals surface area contributed by atoms with Gasteiger partial charge in [0.25, 0.3) is 0 Å². The number of benzene rings is 1. The van der Waals surface area contributed by atoms with E-state index in [0.717, 1.165) is 49.2 Å². The molecule has 3 nitrogen and oxygen atoms in total. The minimum absolute atomic E-state index is 0.203. The van der Waals surface area contributed by atoms with Crippen molar-refractivity contribution in [1.82, 2.24) is 9.97 Å². The van der Waals surface area contributed by atoms with Crippen molar-refractivity contribution in [3.05, 3.63) is 52.6 Å². The zero-order chi connectivity index (χ0) is 15.0. The second kappa shape index (κ2) is 5.02. The Hall–Kier alpha value is -2.11. The highest BCUT2D eigenvalue weighted by Crippen LogP contribution is 2.29. The van der Waals surface area contributed by atoms with E-state index in [1.165, 1.54) is 12.1 Å². The Labute approximate surface area is 119 Å². The summed E-state index contributed by atoms with van der Waals surface area (Å²) in [7, 11) is 0. The maximum atomic E-state index is 12.5. The molecule has 0 fully saturated rings. The van der Waals surface area contributed by atoms with Crippen LogP contribution in [0.4, 0.5) is 13.2 Å². The molecule has 1 aliphatic rings. The summed E-state index contributed by atoms with van der Waals surface area (Å²) in [6, 6.07) is 4.20. The van der Waals surface area contributed by atoms with Gasteiger partial charge in [-0.25, -0.2) is 4.98 Å². The number of rotatable bonds is 2. The molecule has 110 valence electrons. The molecule has 1 heterocycles. The molecule has 2 aromatic rings. The first-order valence-corrected chi connectivity index (χ1v) is 6.75. The van der Waals surface area contributed by atoms with E-state index in [-0.39, 0.29) is 17.2 Å². The van der Waals surface area contributed by atoms with E-state index >= 15 is 0 Å². The minimum atomic E-state index is -4.40. The lowest BCUT2D eigenvalue weighted by Crippen LogP contribution is -2.07. The quantitative estimate of drug-likeness (QED) is 0.861. The second-order valence-electron chi connectivity index (χ2n) is 5.12. The number of carbonyl (C=O) groups is 1. The monoisotopic (exact) mass is 294 g/mol. The molecule has 1 aliphatic carbocycles. The zero-order valence-corrected chi connectivity index (χ0v) is 11.1. The van der Waals surface area contributed by atoms with E-state index in [0.29, 0.717) is 0 Å². The van der Waals surface area contributed by atoms with Crippen LogP contribution in [-0.2, 0) is 19.0 Å². The maximum Gasteiger partial charge on any atom is 0.416 e. The van der Waals surface area contributed by atoms with Crippen LogP contribution in [0.2, 0.25) is 0 Å². The predicted molar refractivity (Wildman–Crippen MR) is 70.1 cm³/mol. The van der Waals surface area contributed by atoms with Gasteiger partial charge >= 0.3 is 6.18 Å². The Kier molecular flexibility index (Phi) is 3.31. The highest BCUT2D eigenvalue weighted by molar-refractivity contribution is 6.06. The van der Waals surface area contributed by atoms with Crippen molar-refractivity contribution in [3.63, 3.8) is 0 Å².